The number of rotatable bonds is 7. The fourth-order valence-electron chi connectivity index (χ4n) is 2.06. The van der Waals surface area contributed by atoms with E-state index in [1.165, 1.54) is 6.07 Å². The van der Waals surface area contributed by atoms with Crippen LogP contribution < -0.4 is 21.1 Å². The first-order valence-corrected chi connectivity index (χ1v) is 7.64. The van der Waals surface area contributed by atoms with Gasteiger partial charge in [0.25, 0.3) is 0 Å². The van der Waals surface area contributed by atoms with Crippen molar-refractivity contribution < 1.29 is 14.3 Å². The number of carbonyl (C=O) groups excluding carboxylic acids is 2. The molecule has 4 N–H and O–H groups in total. The van der Waals surface area contributed by atoms with Gasteiger partial charge in [-0.05, 0) is 56.3 Å². The zero-order chi connectivity index (χ0) is 17.5. The number of ether oxygens (including phenoxy) is 1. The van der Waals surface area contributed by atoms with E-state index in [2.05, 4.69) is 10.6 Å². The summed E-state index contributed by atoms with van der Waals surface area (Å²) < 4.78 is 5.56. The number of primary amides is 1. The molecule has 2 rings (SSSR count). The van der Waals surface area contributed by atoms with E-state index in [0.29, 0.717) is 11.3 Å². The lowest BCUT2D eigenvalue weighted by atomic mass is 10.2. The van der Waals surface area contributed by atoms with Crippen molar-refractivity contribution in [3.8, 4) is 5.75 Å². The Morgan fingerprint density at radius 3 is 2.42 bits per heavy atom. The predicted octanol–water partition coefficient (Wildman–Crippen LogP) is 2.62. The molecule has 0 heterocycles. The van der Waals surface area contributed by atoms with Gasteiger partial charge in [0.2, 0.25) is 11.8 Å². The molecule has 126 valence electrons. The number of hydrogen-bond acceptors (Lipinski definition) is 4. The number of amides is 2. The van der Waals surface area contributed by atoms with Crippen LogP contribution in [0.5, 0.6) is 5.75 Å². The third kappa shape index (κ3) is 5.31. The zero-order valence-corrected chi connectivity index (χ0v) is 13.7. The highest BCUT2D eigenvalue weighted by Gasteiger charge is 2.05. The van der Waals surface area contributed by atoms with Gasteiger partial charge in [-0.3, -0.25) is 9.59 Å². The average molecular weight is 327 g/mol. The highest BCUT2D eigenvalue weighted by atomic mass is 16.5. The van der Waals surface area contributed by atoms with Crippen LogP contribution in [0.1, 0.15) is 24.2 Å². The van der Waals surface area contributed by atoms with Crippen molar-refractivity contribution in [1.82, 2.24) is 0 Å². The summed E-state index contributed by atoms with van der Waals surface area (Å²) in [6.07, 6.45) is 0.116. The third-order valence-corrected chi connectivity index (χ3v) is 3.11. The van der Waals surface area contributed by atoms with Gasteiger partial charge >= 0.3 is 0 Å². The van der Waals surface area contributed by atoms with Crippen LogP contribution in [0.2, 0.25) is 0 Å². The van der Waals surface area contributed by atoms with Crippen LogP contribution in [0.4, 0.5) is 11.4 Å². The molecule has 0 saturated heterocycles. The first-order chi connectivity index (χ1) is 11.4. The van der Waals surface area contributed by atoms with Crippen molar-refractivity contribution in [3.63, 3.8) is 0 Å². The normalized spacial score (nSPS) is 10.3. The van der Waals surface area contributed by atoms with Crippen molar-refractivity contribution in [2.75, 3.05) is 17.2 Å². The van der Waals surface area contributed by atoms with Gasteiger partial charge in [0.05, 0.1) is 12.6 Å². The molecule has 0 unspecified atom stereocenters. The molecule has 2 aromatic rings. The summed E-state index contributed by atoms with van der Waals surface area (Å²) in [5, 5.41) is 5.73. The molecule has 0 aliphatic carbocycles. The molecular weight excluding hydrogens is 306 g/mol. The molecular formula is C18H21N3O3. The number of hydrogen-bond donors (Lipinski definition) is 3. The number of carbonyl (C=O) groups is 2. The fourth-order valence-corrected chi connectivity index (χ4v) is 2.06. The second-order valence-electron chi connectivity index (χ2n) is 5.54. The van der Waals surface area contributed by atoms with Crippen molar-refractivity contribution in [2.24, 2.45) is 5.73 Å². The average Bonchev–Trinajstić information content (AvgIpc) is 2.54. The van der Waals surface area contributed by atoms with Gasteiger partial charge < -0.3 is 21.1 Å². The maximum Gasteiger partial charge on any atom is 0.248 e. The topological polar surface area (TPSA) is 93.4 Å². The Hall–Kier alpha value is -3.02. The van der Waals surface area contributed by atoms with Gasteiger partial charge in [-0.25, -0.2) is 0 Å². The number of nitrogens with one attached hydrogen (secondary N) is 2. The van der Waals surface area contributed by atoms with E-state index in [1.807, 2.05) is 38.1 Å². The predicted molar refractivity (Wildman–Crippen MR) is 94.3 cm³/mol. The summed E-state index contributed by atoms with van der Waals surface area (Å²) >= 11 is 0. The summed E-state index contributed by atoms with van der Waals surface area (Å²) in [5.41, 5.74) is 6.90. The monoisotopic (exact) mass is 327 g/mol. The third-order valence-electron chi connectivity index (χ3n) is 3.11. The van der Waals surface area contributed by atoms with Crippen molar-refractivity contribution >= 4 is 23.2 Å². The minimum atomic E-state index is -0.534. The minimum absolute atomic E-state index is 0.102. The van der Waals surface area contributed by atoms with Gasteiger partial charge in [0.1, 0.15) is 5.75 Å². The maximum absolute atomic E-state index is 12.0. The van der Waals surface area contributed by atoms with E-state index in [4.69, 9.17) is 10.5 Å². The second-order valence-corrected chi connectivity index (χ2v) is 5.54. The van der Waals surface area contributed by atoms with Gasteiger partial charge in [0.15, 0.2) is 0 Å². The quantitative estimate of drug-likeness (QED) is 0.729. The Bertz CT molecular complexity index is 712. The molecule has 0 spiro atoms. The summed E-state index contributed by atoms with van der Waals surface area (Å²) in [6.45, 7) is 4.03. The van der Waals surface area contributed by atoms with E-state index in [-0.39, 0.29) is 18.6 Å². The molecule has 0 radical (unpaired) electrons. The number of benzene rings is 2. The van der Waals surface area contributed by atoms with Crippen LogP contribution in [0.25, 0.3) is 0 Å². The Kier molecular flexibility index (Phi) is 5.78. The van der Waals surface area contributed by atoms with Crippen LogP contribution >= 0.6 is 0 Å². The zero-order valence-electron chi connectivity index (χ0n) is 13.7. The van der Waals surface area contributed by atoms with Gasteiger partial charge in [-0.2, -0.15) is 0 Å². The van der Waals surface area contributed by atoms with E-state index in [1.54, 1.807) is 18.2 Å². The van der Waals surface area contributed by atoms with Crippen molar-refractivity contribution in [3.05, 3.63) is 54.1 Å². The summed E-state index contributed by atoms with van der Waals surface area (Å²) in [5.74, 6) is 0.0234. The Morgan fingerprint density at radius 1 is 1.08 bits per heavy atom. The standard InChI is InChI=1S/C18H21N3O3/c1-12(2)24-16-8-6-14(7-9-16)20-11-17(22)21-15-5-3-4-13(10-15)18(19)23/h3-10,12,20H,11H2,1-2H3,(H2,19,23)(H,21,22). The van der Waals surface area contributed by atoms with Crippen molar-refractivity contribution in [1.29, 1.82) is 0 Å². The number of anilines is 2. The van der Waals surface area contributed by atoms with E-state index in [9.17, 15) is 9.59 Å². The molecule has 2 aromatic carbocycles. The van der Waals surface area contributed by atoms with E-state index in [0.717, 1.165) is 11.4 Å². The fraction of sp³-hybridized carbons (Fsp3) is 0.222. The van der Waals surface area contributed by atoms with E-state index >= 15 is 0 Å². The van der Waals surface area contributed by atoms with Crippen LogP contribution in [0.15, 0.2) is 48.5 Å². The van der Waals surface area contributed by atoms with Gasteiger partial charge in [0, 0.05) is 16.9 Å². The lowest BCUT2D eigenvalue weighted by Gasteiger charge is -2.11. The molecule has 0 aliphatic heterocycles. The molecule has 0 saturated carbocycles. The Morgan fingerprint density at radius 2 is 1.79 bits per heavy atom. The van der Waals surface area contributed by atoms with Gasteiger partial charge in [-0.1, -0.05) is 6.07 Å². The molecule has 0 atom stereocenters. The molecule has 0 bridgehead atoms. The largest absolute Gasteiger partial charge is 0.491 e. The van der Waals surface area contributed by atoms with Crippen LogP contribution in [0, 0.1) is 0 Å². The molecule has 6 nitrogen and oxygen atoms in total. The van der Waals surface area contributed by atoms with Crippen LogP contribution in [-0.4, -0.2) is 24.5 Å². The minimum Gasteiger partial charge on any atom is -0.491 e. The lowest BCUT2D eigenvalue weighted by molar-refractivity contribution is -0.114. The van der Waals surface area contributed by atoms with Crippen LogP contribution in [-0.2, 0) is 4.79 Å². The first-order valence-electron chi connectivity index (χ1n) is 7.64. The Labute approximate surface area is 141 Å². The SMILES string of the molecule is CC(C)Oc1ccc(NCC(=O)Nc2cccc(C(N)=O)c2)cc1. The lowest BCUT2D eigenvalue weighted by Crippen LogP contribution is -2.22. The van der Waals surface area contributed by atoms with Crippen LogP contribution in [0.3, 0.4) is 0 Å². The molecule has 0 aliphatic rings. The Balaban J connectivity index is 1.87. The second kappa shape index (κ2) is 8.01. The highest BCUT2D eigenvalue weighted by Crippen LogP contribution is 2.17. The van der Waals surface area contributed by atoms with E-state index < -0.39 is 5.91 Å². The van der Waals surface area contributed by atoms with Crippen molar-refractivity contribution in [2.45, 2.75) is 20.0 Å². The molecule has 2 amide bonds. The summed E-state index contributed by atoms with van der Waals surface area (Å²) in [6, 6.07) is 13.9. The maximum atomic E-state index is 12.0. The molecule has 0 aromatic heterocycles. The molecule has 0 fully saturated rings. The number of nitrogens with two attached hydrogens (primary N) is 1. The molecule has 6 heteroatoms. The summed E-state index contributed by atoms with van der Waals surface area (Å²) in [4.78, 5) is 23.1. The highest BCUT2D eigenvalue weighted by molar-refractivity contribution is 5.97. The van der Waals surface area contributed by atoms with Gasteiger partial charge in [-0.15, -0.1) is 0 Å². The molecule has 24 heavy (non-hydrogen) atoms. The summed E-state index contributed by atoms with van der Waals surface area (Å²) in [7, 11) is 0. The smallest absolute Gasteiger partial charge is 0.248 e. The first kappa shape index (κ1) is 17.3.